The van der Waals surface area contributed by atoms with Gasteiger partial charge in [0.15, 0.2) is 0 Å². The van der Waals surface area contributed by atoms with Gasteiger partial charge in [-0.15, -0.1) is 0 Å². The number of aromatic nitrogens is 1. The Labute approximate surface area is 130 Å². The van der Waals surface area contributed by atoms with Gasteiger partial charge in [0.2, 0.25) is 0 Å². The highest BCUT2D eigenvalue weighted by Crippen LogP contribution is 2.31. The summed E-state index contributed by atoms with van der Waals surface area (Å²) < 4.78 is 0. The monoisotopic (exact) mass is 283 g/mol. The molecule has 1 heterocycles. The first-order valence-electron chi connectivity index (χ1n) is 8.08. The van der Waals surface area contributed by atoms with Crippen molar-refractivity contribution in [2.24, 2.45) is 11.8 Å². The first-order chi connectivity index (χ1) is 10.2. The molecule has 0 fully saturated rings. The summed E-state index contributed by atoms with van der Waals surface area (Å²) in [5.74, 6) is 1.46. The van der Waals surface area contributed by atoms with Crippen molar-refractivity contribution in [3.8, 4) is 0 Å². The largest absolute Gasteiger partial charge is 0.257 e. The molecule has 1 unspecified atom stereocenters. The fraction of sp³-hybridized carbons (Fsp3) is 0.450. The maximum absolute atomic E-state index is 4.43. The van der Waals surface area contributed by atoms with Crippen molar-refractivity contribution in [1.29, 1.82) is 0 Å². The molecule has 0 bridgehead atoms. The van der Waals surface area contributed by atoms with E-state index in [1.54, 1.807) is 0 Å². The maximum Gasteiger partial charge on any atom is 0.0664 e. The number of hydrogen-bond acceptors (Lipinski definition) is 1. The standard InChI is InChI=1S/C15H17N.C5H12/c1-2-3-8-13-9-4-5-10-14(13)15-11-6-7-12-16-15;1-4-5(2)3/h2-7,10-13H,8-9H2,1H3;5H,4H2,1-3H3. The smallest absolute Gasteiger partial charge is 0.0664 e. The first kappa shape index (κ1) is 17.4. The second-order valence-electron chi connectivity index (χ2n) is 5.80. The van der Waals surface area contributed by atoms with E-state index in [9.17, 15) is 0 Å². The highest BCUT2D eigenvalue weighted by atomic mass is 14.7. The Morgan fingerprint density at radius 3 is 2.67 bits per heavy atom. The van der Waals surface area contributed by atoms with E-state index in [-0.39, 0.29) is 0 Å². The van der Waals surface area contributed by atoms with Crippen LogP contribution in [-0.2, 0) is 0 Å². The molecule has 1 atom stereocenters. The van der Waals surface area contributed by atoms with Crippen LogP contribution in [0.15, 0.2) is 54.8 Å². The normalized spacial score (nSPS) is 17.6. The average molecular weight is 283 g/mol. The van der Waals surface area contributed by atoms with Gasteiger partial charge in [-0.1, -0.05) is 63.6 Å². The van der Waals surface area contributed by atoms with Gasteiger partial charge in [-0.05, 0) is 49.3 Å². The molecule has 1 heteroatoms. The fourth-order valence-corrected chi connectivity index (χ4v) is 2.03. The minimum absolute atomic E-state index is 0.580. The minimum Gasteiger partial charge on any atom is -0.257 e. The van der Waals surface area contributed by atoms with Crippen LogP contribution in [0.5, 0.6) is 0 Å². The van der Waals surface area contributed by atoms with Gasteiger partial charge in [-0.2, -0.15) is 0 Å². The zero-order valence-electron chi connectivity index (χ0n) is 13.9. The van der Waals surface area contributed by atoms with Gasteiger partial charge in [0, 0.05) is 6.20 Å². The van der Waals surface area contributed by atoms with Crippen LogP contribution in [-0.4, -0.2) is 4.98 Å². The fourth-order valence-electron chi connectivity index (χ4n) is 2.03. The zero-order chi connectivity index (χ0) is 15.5. The molecule has 0 radical (unpaired) electrons. The quantitative estimate of drug-likeness (QED) is 0.612. The van der Waals surface area contributed by atoms with Crippen molar-refractivity contribution in [2.45, 2.75) is 47.0 Å². The number of pyridine rings is 1. The van der Waals surface area contributed by atoms with Crippen LogP contribution < -0.4 is 0 Å². The summed E-state index contributed by atoms with van der Waals surface area (Å²) in [7, 11) is 0. The third-order valence-electron chi connectivity index (χ3n) is 3.71. The second-order valence-corrected chi connectivity index (χ2v) is 5.80. The summed E-state index contributed by atoms with van der Waals surface area (Å²) in [6, 6.07) is 6.10. The van der Waals surface area contributed by atoms with Gasteiger partial charge in [0.1, 0.15) is 0 Å². The molecule has 0 amide bonds. The first-order valence-corrected chi connectivity index (χ1v) is 8.08. The molecular formula is C20H29N. The summed E-state index contributed by atoms with van der Waals surface area (Å²) >= 11 is 0. The molecule has 2 rings (SSSR count). The number of rotatable bonds is 4. The Morgan fingerprint density at radius 2 is 2.10 bits per heavy atom. The lowest BCUT2D eigenvalue weighted by Crippen LogP contribution is -2.05. The Balaban J connectivity index is 0.000000383. The Bertz CT molecular complexity index is 466. The molecule has 0 spiro atoms. The zero-order valence-corrected chi connectivity index (χ0v) is 13.9. The van der Waals surface area contributed by atoms with Crippen molar-refractivity contribution in [1.82, 2.24) is 4.98 Å². The van der Waals surface area contributed by atoms with Crippen molar-refractivity contribution >= 4 is 5.57 Å². The highest BCUT2D eigenvalue weighted by molar-refractivity contribution is 5.67. The molecule has 0 N–H and O–H groups in total. The van der Waals surface area contributed by atoms with E-state index in [0.29, 0.717) is 5.92 Å². The Morgan fingerprint density at radius 1 is 1.33 bits per heavy atom. The average Bonchev–Trinajstić information content (AvgIpc) is 2.54. The molecule has 0 saturated carbocycles. The lowest BCUT2D eigenvalue weighted by atomic mass is 9.86. The summed E-state index contributed by atoms with van der Waals surface area (Å²) in [4.78, 5) is 4.43. The molecule has 1 aliphatic carbocycles. The summed E-state index contributed by atoms with van der Waals surface area (Å²) in [6.07, 6.45) is 16.3. The summed E-state index contributed by atoms with van der Waals surface area (Å²) in [5.41, 5.74) is 2.47. The predicted molar refractivity (Wildman–Crippen MR) is 94.0 cm³/mol. The molecule has 114 valence electrons. The van der Waals surface area contributed by atoms with Crippen LogP contribution in [0.2, 0.25) is 0 Å². The van der Waals surface area contributed by atoms with E-state index in [2.05, 4.69) is 69.1 Å². The van der Waals surface area contributed by atoms with Crippen LogP contribution in [0.25, 0.3) is 5.57 Å². The van der Waals surface area contributed by atoms with Gasteiger partial charge in [-0.3, -0.25) is 4.98 Å². The molecule has 21 heavy (non-hydrogen) atoms. The SMILES string of the molecule is CC=CCC1CC=CC=C1c1ccccn1.CCC(C)C. The topological polar surface area (TPSA) is 12.9 Å². The van der Waals surface area contributed by atoms with E-state index in [1.165, 1.54) is 12.0 Å². The van der Waals surface area contributed by atoms with E-state index in [1.807, 2.05) is 18.3 Å². The van der Waals surface area contributed by atoms with E-state index in [0.717, 1.165) is 24.5 Å². The van der Waals surface area contributed by atoms with Crippen LogP contribution in [0.4, 0.5) is 0 Å². The number of allylic oxidation sites excluding steroid dienone is 6. The van der Waals surface area contributed by atoms with Crippen LogP contribution in [0.3, 0.4) is 0 Å². The van der Waals surface area contributed by atoms with E-state index >= 15 is 0 Å². The third-order valence-corrected chi connectivity index (χ3v) is 3.71. The van der Waals surface area contributed by atoms with Crippen LogP contribution >= 0.6 is 0 Å². The molecule has 0 aromatic carbocycles. The number of hydrogen-bond donors (Lipinski definition) is 0. The molecule has 1 nitrogen and oxygen atoms in total. The predicted octanol–water partition coefficient (Wildman–Crippen LogP) is 6.06. The maximum atomic E-state index is 4.43. The molecule has 1 aromatic rings. The van der Waals surface area contributed by atoms with Gasteiger partial charge < -0.3 is 0 Å². The third kappa shape index (κ3) is 6.57. The van der Waals surface area contributed by atoms with Crippen molar-refractivity contribution in [3.05, 3.63) is 60.5 Å². The van der Waals surface area contributed by atoms with Crippen molar-refractivity contribution < 1.29 is 0 Å². The Kier molecular flexibility index (Phi) is 8.42. The van der Waals surface area contributed by atoms with Crippen LogP contribution in [0.1, 0.15) is 52.7 Å². The highest BCUT2D eigenvalue weighted by Gasteiger charge is 2.16. The van der Waals surface area contributed by atoms with Crippen molar-refractivity contribution in [2.75, 3.05) is 0 Å². The Hall–Kier alpha value is -1.63. The van der Waals surface area contributed by atoms with Crippen LogP contribution in [0, 0.1) is 11.8 Å². The number of nitrogens with zero attached hydrogens (tertiary/aromatic N) is 1. The van der Waals surface area contributed by atoms with Gasteiger partial charge >= 0.3 is 0 Å². The second kappa shape index (κ2) is 10.1. The minimum atomic E-state index is 0.580. The molecular weight excluding hydrogens is 254 g/mol. The lowest BCUT2D eigenvalue weighted by molar-refractivity contribution is 0.626. The molecule has 1 aliphatic rings. The molecule has 0 saturated heterocycles. The summed E-state index contributed by atoms with van der Waals surface area (Å²) in [5, 5.41) is 0. The van der Waals surface area contributed by atoms with Crippen molar-refractivity contribution in [3.63, 3.8) is 0 Å². The van der Waals surface area contributed by atoms with E-state index in [4.69, 9.17) is 0 Å². The lowest BCUT2D eigenvalue weighted by Gasteiger charge is -2.19. The van der Waals surface area contributed by atoms with Gasteiger partial charge in [0.25, 0.3) is 0 Å². The van der Waals surface area contributed by atoms with Gasteiger partial charge in [-0.25, -0.2) is 0 Å². The van der Waals surface area contributed by atoms with E-state index < -0.39 is 0 Å². The molecule has 0 aliphatic heterocycles. The summed E-state index contributed by atoms with van der Waals surface area (Å²) in [6.45, 7) is 8.72. The van der Waals surface area contributed by atoms with Gasteiger partial charge in [0.05, 0.1) is 5.69 Å². The molecule has 1 aromatic heterocycles.